The first kappa shape index (κ1) is 16.6. The lowest BCUT2D eigenvalue weighted by Gasteiger charge is -2.34. The lowest BCUT2D eigenvalue weighted by molar-refractivity contribution is 0.0634. The molecule has 0 aromatic heterocycles. The normalized spacial score (nSPS) is 15.5. The molecule has 0 unspecified atom stereocenters. The molecule has 1 fully saturated rings. The van der Waals surface area contributed by atoms with Gasteiger partial charge in [-0.2, -0.15) is 0 Å². The first-order valence-electron chi connectivity index (χ1n) is 8.14. The van der Waals surface area contributed by atoms with Crippen molar-refractivity contribution in [3.63, 3.8) is 0 Å². The molecule has 1 amide bonds. The Bertz CT molecular complexity index is 698. The highest BCUT2D eigenvalue weighted by molar-refractivity contribution is 5.94. The summed E-state index contributed by atoms with van der Waals surface area (Å²) in [5, 5.41) is 0. The van der Waals surface area contributed by atoms with E-state index in [0.29, 0.717) is 13.1 Å². The quantitative estimate of drug-likeness (QED) is 0.860. The third-order valence-electron chi connectivity index (χ3n) is 4.38. The molecule has 2 aromatic rings. The third-order valence-corrected chi connectivity index (χ3v) is 4.38. The molecule has 0 aliphatic carbocycles. The van der Waals surface area contributed by atoms with Crippen LogP contribution >= 0.6 is 0 Å². The fraction of sp³-hybridized carbons (Fsp3) is 0.316. The summed E-state index contributed by atoms with van der Waals surface area (Å²) < 4.78 is 26.7. The van der Waals surface area contributed by atoms with Crippen LogP contribution in [-0.4, -0.2) is 48.4 Å². The molecule has 0 bridgehead atoms. The van der Waals surface area contributed by atoms with Crippen molar-refractivity contribution in [3.05, 3.63) is 71.3 Å². The molecular formula is C19H20F2N2O. The van der Waals surface area contributed by atoms with Crippen LogP contribution in [0.2, 0.25) is 0 Å². The maximum absolute atomic E-state index is 13.7. The van der Waals surface area contributed by atoms with Gasteiger partial charge in [-0.1, -0.05) is 30.3 Å². The molecular weight excluding hydrogens is 310 g/mol. The molecule has 126 valence electrons. The summed E-state index contributed by atoms with van der Waals surface area (Å²) in [7, 11) is 0. The molecule has 5 heteroatoms. The standard InChI is InChI=1S/C19H20F2N2O/c20-16-6-7-17(18(21)14-16)19(24)23-12-10-22(11-13-23)9-8-15-4-2-1-3-5-15/h1-7,14H,8-13H2. The summed E-state index contributed by atoms with van der Waals surface area (Å²) in [5.41, 5.74) is 1.23. The van der Waals surface area contributed by atoms with Gasteiger partial charge in [-0.15, -0.1) is 0 Å². The summed E-state index contributed by atoms with van der Waals surface area (Å²) in [6.45, 7) is 3.59. The van der Waals surface area contributed by atoms with E-state index in [4.69, 9.17) is 0 Å². The van der Waals surface area contributed by atoms with Crippen molar-refractivity contribution in [1.82, 2.24) is 9.80 Å². The minimum Gasteiger partial charge on any atom is -0.336 e. The summed E-state index contributed by atoms with van der Waals surface area (Å²) in [5.74, 6) is -1.84. The van der Waals surface area contributed by atoms with Crippen molar-refractivity contribution >= 4 is 5.91 Å². The van der Waals surface area contributed by atoms with Gasteiger partial charge in [0.05, 0.1) is 5.56 Å². The van der Waals surface area contributed by atoms with Crippen molar-refractivity contribution in [3.8, 4) is 0 Å². The zero-order valence-electron chi connectivity index (χ0n) is 13.4. The molecule has 0 radical (unpaired) electrons. The van der Waals surface area contributed by atoms with Crippen LogP contribution in [0.4, 0.5) is 8.78 Å². The molecule has 2 aromatic carbocycles. The molecule has 0 saturated carbocycles. The van der Waals surface area contributed by atoms with Gasteiger partial charge in [-0.3, -0.25) is 9.69 Å². The number of rotatable bonds is 4. The molecule has 1 aliphatic heterocycles. The van der Waals surface area contributed by atoms with Crippen LogP contribution in [0.15, 0.2) is 48.5 Å². The fourth-order valence-corrected chi connectivity index (χ4v) is 2.94. The topological polar surface area (TPSA) is 23.6 Å². The first-order chi connectivity index (χ1) is 11.6. The molecule has 0 spiro atoms. The van der Waals surface area contributed by atoms with Crippen LogP contribution < -0.4 is 0 Å². The van der Waals surface area contributed by atoms with E-state index in [1.54, 1.807) is 4.90 Å². The van der Waals surface area contributed by atoms with Gasteiger partial charge in [-0.25, -0.2) is 8.78 Å². The first-order valence-corrected chi connectivity index (χ1v) is 8.14. The van der Waals surface area contributed by atoms with Crippen molar-refractivity contribution < 1.29 is 13.6 Å². The largest absolute Gasteiger partial charge is 0.336 e. The Morgan fingerprint density at radius 1 is 0.958 bits per heavy atom. The maximum Gasteiger partial charge on any atom is 0.256 e. The van der Waals surface area contributed by atoms with Gasteiger partial charge in [0.1, 0.15) is 11.6 Å². The summed E-state index contributed by atoms with van der Waals surface area (Å²) >= 11 is 0. The van der Waals surface area contributed by atoms with Crippen LogP contribution in [0, 0.1) is 11.6 Å². The zero-order valence-corrected chi connectivity index (χ0v) is 13.4. The SMILES string of the molecule is O=C(c1ccc(F)cc1F)N1CCN(CCc2ccccc2)CC1. The average Bonchev–Trinajstić information content (AvgIpc) is 2.61. The van der Waals surface area contributed by atoms with Gasteiger partial charge in [0.25, 0.3) is 5.91 Å². The smallest absolute Gasteiger partial charge is 0.256 e. The lowest BCUT2D eigenvalue weighted by Crippen LogP contribution is -2.49. The van der Waals surface area contributed by atoms with Crippen LogP contribution in [-0.2, 0) is 6.42 Å². The monoisotopic (exact) mass is 330 g/mol. The number of hydrogen-bond acceptors (Lipinski definition) is 2. The Kier molecular flexibility index (Phi) is 5.20. The van der Waals surface area contributed by atoms with E-state index in [2.05, 4.69) is 17.0 Å². The van der Waals surface area contributed by atoms with E-state index < -0.39 is 11.6 Å². The van der Waals surface area contributed by atoms with E-state index in [1.807, 2.05) is 18.2 Å². The number of carbonyl (C=O) groups excluding carboxylic acids is 1. The highest BCUT2D eigenvalue weighted by Gasteiger charge is 2.24. The van der Waals surface area contributed by atoms with Crippen molar-refractivity contribution in [2.75, 3.05) is 32.7 Å². The van der Waals surface area contributed by atoms with Gasteiger partial charge in [0.15, 0.2) is 0 Å². The van der Waals surface area contributed by atoms with Gasteiger partial charge in [-0.05, 0) is 24.1 Å². The summed E-state index contributed by atoms with van der Waals surface area (Å²) in [4.78, 5) is 16.3. The predicted molar refractivity (Wildman–Crippen MR) is 88.8 cm³/mol. The van der Waals surface area contributed by atoms with E-state index in [-0.39, 0.29) is 11.5 Å². The molecule has 24 heavy (non-hydrogen) atoms. The minimum absolute atomic E-state index is 0.0610. The Labute approximate surface area is 140 Å². The van der Waals surface area contributed by atoms with Crippen LogP contribution in [0.1, 0.15) is 15.9 Å². The molecule has 1 heterocycles. The molecule has 1 aliphatic rings. The Hall–Kier alpha value is -2.27. The highest BCUT2D eigenvalue weighted by atomic mass is 19.1. The van der Waals surface area contributed by atoms with Crippen molar-refractivity contribution in [2.24, 2.45) is 0 Å². The second kappa shape index (κ2) is 7.53. The second-order valence-electron chi connectivity index (χ2n) is 5.99. The van der Waals surface area contributed by atoms with Crippen molar-refractivity contribution in [1.29, 1.82) is 0 Å². The van der Waals surface area contributed by atoms with Gasteiger partial charge in [0, 0.05) is 38.8 Å². The number of amides is 1. The fourth-order valence-electron chi connectivity index (χ4n) is 2.94. The number of nitrogens with zero attached hydrogens (tertiary/aromatic N) is 2. The van der Waals surface area contributed by atoms with E-state index in [9.17, 15) is 13.6 Å². The predicted octanol–water partition coefficient (Wildman–Crippen LogP) is 2.97. The summed E-state index contributed by atoms with van der Waals surface area (Å²) in [6.07, 6.45) is 0.974. The number of carbonyl (C=O) groups is 1. The van der Waals surface area contributed by atoms with Crippen LogP contribution in [0.3, 0.4) is 0 Å². The second-order valence-corrected chi connectivity index (χ2v) is 5.99. The Morgan fingerprint density at radius 3 is 2.33 bits per heavy atom. The summed E-state index contributed by atoms with van der Waals surface area (Å²) in [6, 6.07) is 13.4. The minimum atomic E-state index is -0.800. The van der Waals surface area contributed by atoms with E-state index in [0.717, 1.165) is 38.2 Å². The lowest BCUT2D eigenvalue weighted by atomic mass is 10.1. The van der Waals surface area contributed by atoms with Gasteiger partial charge in [0.2, 0.25) is 0 Å². The van der Waals surface area contributed by atoms with Crippen LogP contribution in [0.5, 0.6) is 0 Å². The molecule has 1 saturated heterocycles. The molecule has 3 nitrogen and oxygen atoms in total. The Morgan fingerprint density at radius 2 is 1.67 bits per heavy atom. The number of benzene rings is 2. The maximum atomic E-state index is 13.7. The molecule has 3 rings (SSSR count). The number of halogens is 2. The molecule has 0 atom stereocenters. The highest BCUT2D eigenvalue weighted by Crippen LogP contribution is 2.14. The van der Waals surface area contributed by atoms with E-state index >= 15 is 0 Å². The Balaban J connectivity index is 1.52. The number of piperazine rings is 1. The van der Waals surface area contributed by atoms with Gasteiger partial charge < -0.3 is 4.90 Å². The third kappa shape index (κ3) is 3.97. The zero-order chi connectivity index (χ0) is 16.9. The average molecular weight is 330 g/mol. The van der Waals surface area contributed by atoms with Crippen molar-refractivity contribution in [2.45, 2.75) is 6.42 Å². The van der Waals surface area contributed by atoms with Gasteiger partial charge >= 0.3 is 0 Å². The van der Waals surface area contributed by atoms with E-state index in [1.165, 1.54) is 11.6 Å². The van der Waals surface area contributed by atoms with Crippen LogP contribution in [0.25, 0.3) is 0 Å². The molecule has 0 N–H and O–H groups in total. The number of hydrogen-bond donors (Lipinski definition) is 0.